The minimum absolute atomic E-state index is 0.265. The molecule has 148 valence electrons. The Morgan fingerprint density at radius 1 is 0.926 bits per heavy atom. The van der Waals surface area contributed by atoms with Crippen LogP contribution in [0.5, 0.6) is 11.5 Å². The standard InChI is InChI=1S/C24H35NO2/c1-6-26-23-17-22(18(3)24(19(23)4)27-7-2)20(5)25-16-12-11-15-21-13-9-8-10-14-21/h8-10,13-14,17,20,25H,6-7,11-12,15-16H2,1-5H3/t20-/m1/s1. The maximum Gasteiger partial charge on any atom is 0.129 e. The Morgan fingerprint density at radius 3 is 2.30 bits per heavy atom. The van der Waals surface area contributed by atoms with Crippen LogP contribution in [0.2, 0.25) is 0 Å². The fraction of sp³-hybridized carbons (Fsp3) is 0.500. The lowest BCUT2D eigenvalue weighted by atomic mass is 9.97. The molecule has 0 radical (unpaired) electrons. The lowest BCUT2D eigenvalue weighted by Crippen LogP contribution is -2.21. The Bertz CT molecular complexity index is 697. The highest BCUT2D eigenvalue weighted by atomic mass is 16.5. The van der Waals surface area contributed by atoms with Crippen LogP contribution >= 0.6 is 0 Å². The van der Waals surface area contributed by atoms with Gasteiger partial charge in [-0.1, -0.05) is 30.3 Å². The van der Waals surface area contributed by atoms with Gasteiger partial charge in [0.2, 0.25) is 0 Å². The van der Waals surface area contributed by atoms with Crippen LogP contribution < -0.4 is 14.8 Å². The zero-order valence-electron chi connectivity index (χ0n) is 17.6. The summed E-state index contributed by atoms with van der Waals surface area (Å²) in [6, 6.07) is 13.2. The number of nitrogens with one attached hydrogen (secondary N) is 1. The van der Waals surface area contributed by atoms with Crippen LogP contribution in [0.15, 0.2) is 36.4 Å². The van der Waals surface area contributed by atoms with Crippen molar-refractivity contribution in [3.8, 4) is 11.5 Å². The predicted molar refractivity (Wildman–Crippen MR) is 114 cm³/mol. The van der Waals surface area contributed by atoms with E-state index >= 15 is 0 Å². The number of unbranched alkanes of at least 4 members (excludes halogenated alkanes) is 1. The first kappa shape index (κ1) is 21.3. The highest BCUT2D eigenvalue weighted by Crippen LogP contribution is 2.36. The van der Waals surface area contributed by atoms with Crippen LogP contribution in [-0.4, -0.2) is 19.8 Å². The third-order valence-corrected chi connectivity index (χ3v) is 5.01. The van der Waals surface area contributed by atoms with E-state index in [9.17, 15) is 0 Å². The zero-order chi connectivity index (χ0) is 19.6. The van der Waals surface area contributed by atoms with Gasteiger partial charge in [-0.05, 0) is 83.2 Å². The molecule has 2 aromatic rings. The van der Waals surface area contributed by atoms with Crippen molar-refractivity contribution in [1.29, 1.82) is 0 Å². The average molecular weight is 370 g/mol. The lowest BCUT2D eigenvalue weighted by Gasteiger charge is -2.22. The van der Waals surface area contributed by atoms with Crippen molar-refractivity contribution in [3.63, 3.8) is 0 Å². The molecule has 0 spiro atoms. The van der Waals surface area contributed by atoms with Gasteiger partial charge in [-0.25, -0.2) is 0 Å². The summed E-state index contributed by atoms with van der Waals surface area (Å²) in [4.78, 5) is 0. The molecule has 0 fully saturated rings. The van der Waals surface area contributed by atoms with Crippen molar-refractivity contribution in [2.24, 2.45) is 0 Å². The first-order valence-electron chi connectivity index (χ1n) is 10.2. The topological polar surface area (TPSA) is 30.5 Å². The molecule has 0 aliphatic carbocycles. The highest BCUT2D eigenvalue weighted by molar-refractivity contribution is 5.54. The molecule has 3 heteroatoms. The monoisotopic (exact) mass is 369 g/mol. The highest BCUT2D eigenvalue weighted by Gasteiger charge is 2.18. The van der Waals surface area contributed by atoms with Crippen molar-refractivity contribution in [1.82, 2.24) is 5.32 Å². The molecule has 0 amide bonds. The molecule has 1 N–H and O–H groups in total. The summed E-state index contributed by atoms with van der Waals surface area (Å²) in [6.45, 7) is 12.8. The number of hydrogen-bond acceptors (Lipinski definition) is 3. The summed E-state index contributed by atoms with van der Waals surface area (Å²) in [5, 5.41) is 3.67. The van der Waals surface area contributed by atoms with E-state index in [-0.39, 0.29) is 6.04 Å². The molecule has 2 rings (SSSR count). The van der Waals surface area contributed by atoms with Crippen LogP contribution in [0.3, 0.4) is 0 Å². The van der Waals surface area contributed by atoms with Gasteiger partial charge in [0, 0.05) is 11.6 Å². The van der Waals surface area contributed by atoms with Crippen molar-refractivity contribution in [2.75, 3.05) is 19.8 Å². The van der Waals surface area contributed by atoms with Crippen molar-refractivity contribution in [2.45, 2.75) is 59.9 Å². The molecule has 0 saturated carbocycles. The van der Waals surface area contributed by atoms with Crippen LogP contribution in [0, 0.1) is 13.8 Å². The maximum atomic E-state index is 5.93. The van der Waals surface area contributed by atoms with E-state index in [2.05, 4.69) is 62.5 Å². The molecule has 0 saturated heterocycles. The van der Waals surface area contributed by atoms with E-state index in [1.54, 1.807) is 0 Å². The number of rotatable bonds is 11. The second-order valence-corrected chi connectivity index (χ2v) is 7.03. The van der Waals surface area contributed by atoms with E-state index in [0.717, 1.165) is 30.0 Å². The van der Waals surface area contributed by atoms with E-state index in [1.807, 2.05) is 13.8 Å². The van der Waals surface area contributed by atoms with Crippen LogP contribution in [-0.2, 0) is 6.42 Å². The van der Waals surface area contributed by atoms with Gasteiger partial charge in [0.25, 0.3) is 0 Å². The molecular weight excluding hydrogens is 334 g/mol. The third kappa shape index (κ3) is 6.00. The molecule has 0 bridgehead atoms. The maximum absolute atomic E-state index is 5.93. The Morgan fingerprint density at radius 2 is 1.63 bits per heavy atom. The minimum atomic E-state index is 0.265. The first-order valence-corrected chi connectivity index (χ1v) is 10.2. The van der Waals surface area contributed by atoms with Gasteiger partial charge in [-0.15, -0.1) is 0 Å². The molecule has 0 aromatic heterocycles. The normalized spacial score (nSPS) is 12.0. The summed E-state index contributed by atoms with van der Waals surface area (Å²) in [5.74, 6) is 1.90. The second kappa shape index (κ2) is 11.0. The molecule has 1 atom stereocenters. The molecule has 27 heavy (non-hydrogen) atoms. The zero-order valence-corrected chi connectivity index (χ0v) is 17.6. The summed E-state index contributed by atoms with van der Waals surface area (Å²) in [6.07, 6.45) is 3.51. The summed E-state index contributed by atoms with van der Waals surface area (Å²) in [5.41, 5.74) is 4.98. The number of ether oxygens (including phenoxy) is 2. The van der Waals surface area contributed by atoms with Crippen molar-refractivity contribution < 1.29 is 9.47 Å². The van der Waals surface area contributed by atoms with E-state index in [4.69, 9.17) is 9.47 Å². The number of aryl methyl sites for hydroxylation is 1. The lowest BCUT2D eigenvalue weighted by molar-refractivity contribution is 0.315. The Hall–Kier alpha value is -2.00. The summed E-state index contributed by atoms with van der Waals surface area (Å²) in [7, 11) is 0. The Labute approximate surface area is 165 Å². The number of hydrogen-bond donors (Lipinski definition) is 1. The average Bonchev–Trinajstić information content (AvgIpc) is 2.68. The van der Waals surface area contributed by atoms with Crippen LogP contribution in [0.1, 0.15) is 61.9 Å². The molecule has 3 nitrogen and oxygen atoms in total. The molecular formula is C24H35NO2. The quantitative estimate of drug-likeness (QED) is 0.510. The van der Waals surface area contributed by atoms with E-state index in [1.165, 1.54) is 29.5 Å². The minimum Gasteiger partial charge on any atom is -0.493 e. The van der Waals surface area contributed by atoms with Gasteiger partial charge < -0.3 is 14.8 Å². The molecule has 2 aromatic carbocycles. The second-order valence-electron chi connectivity index (χ2n) is 7.03. The van der Waals surface area contributed by atoms with Crippen molar-refractivity contribution >= 4 is 0 Å². The van der Waals surface area contributed by atoms with Gasteiger partial charge in [0.05, 0.1) is 13.2 Å². The van der Waals surface area contributed by atoms with Gasteiger partial charge in [0.15, 0.2) is 0 Å². The summed E-state index contributed by atoms with van der Waals surface area (Å²) >= 11 is 0. The SMILES string of the molecule is CCOc1cc([C@@H](C)NCCCCc2ccccc2)c(C)c(OCC)c1C. The summed E-state index contributed by atoms with van der Waals surface area (Å²) < 4.78 is 11.8. The van der Waals surface area contributed by atoms with Crippen LogP contribution in [0.25, 0.3) is 0 Å². The third-order valence-electron chi connectivity index (χ3n) is 5.01. The fourth-order valence-corrected chi connectivity index (χ4v) is 3.53. The van der Waals surface area contributed by atoms with Crippen molar-refractivity contribution in [3.05, 3.63) is 58.7 Å². The van der Waals surface area contributed by atoms with Crippen LogP contribution in [0.4, 0.5) is 0 Å². The predicted octanol–water partition coefficient (Wildman–Crippen LogP) is 5.77. The van der Waals surface area contributed by atoms with E-state index < -0.39 is 0 Å². The molecule has 0 unspecified atom stereocenters. The van der Waals surface area contributed by atoms with Gasteiger partial charge >= 0.3 is 0 Å². The molecule has 0 heterocycles. The van der Waals surface area contributed by atoms with Gasteiger partial charge in [-0.3, -0.25) is 0 Å². The van der Waals surface area contributed by atoms with Gasteiger partial charge in [0.1, 0.15) is 11.5 Å². The first-order chi connectivity index (χ1) is 13.1. The smallest absolute Gasteiger partial charge is 0.129 e. The van der Waals surface area contributed by atoms with E-state index in [0.29, 0.717) is 13.2 Å². The van der Waals surface area contributed by atoms with Gasteiger partial charge in [-0.2, -0.15) is 0 Å². The molecule has 0 aliphatic rings. The molecule has 0 aliphatic heterocycles. The fourth-order valence-electron chi connectivity index (χ4n) is 3.53. The largest absolute Gasteiger partial charge is 0.493 e. The Balaban J connectivity index is 1.96. The Kier molecular flexibility index (Phi) is 8.66. The number of benzene rings is 2.